The van der Waals surface area contributed by atoms with Crippen LogP contribution < -0.4 is 5.32 Å². The molecule has 2 aliphatic heterocycles. The van der Waals surface area contributed by atoms with E-state index >= 15 is 0 Å². The highest BCUT2D eigenvalue weighted by Crippen LogP contribution is 2.19. The molecular formula is C16H27N3O2. The molecule has 0 spiro atoms. The van der Waals surface area contributed by atoms with Crippen molar-refractivity contribution in [3.63, 3.8) is 0 Å². The molecule has 1 saturated heterocycles. The number of hydrogen-bond donors (Lipinski definition) is 1. The summed E-state index contributed by atoms with van der Waals surface area (Å²) in [6.07, 6.45) is 8.37. The van der Waals surface area contributed by atoms with Gasteiger partial charge in [-0.3, -0.25) is 9.48 Å². The molecule has 0 aromatic carbocycles. The van der Waals surface area contributed by atoms with E-state index in [1.165, 1.54) is 18.5 Å². The lowest BCUT2D eigenvalue weighted by molar-refractivity contribution is -0.150. The van der Waals surface area contributed by atoms with Crippen LogP contribution in [0.3, 0.4) is 0 Å². The zero-order valence-electron chi connectivity index (χ0n) is 13.2. The molecule has 0 amide bonds. The van der Waals surface area contributed by atoms with Crippen molar-refractivity contribution in [1.29, 1.82) is 0 Å². The lowest BCUT2D eigenvalue weighted by Gasteiger charge is -2.21. The predicted octanol–water partition coefficient (Wildman–Crippen LogP) is 2.30. The fourth-order valence-corrected chi connectivity index (χ4v) is 2.72. The molecule has 1 atom stereocenters. The number of aryl methyl sites for hydroxylation is 2. The molecule has 1 fully saturated rings. The van der Waals surface area contributed by atoms with E-state index in [4.69, 9.17) is 4.74 Å². The third-order valence-corrected chi connectivity index (χ3v) is 4.16. The number of ether oxygens (including phenoxy) is 1. The summed E-state index contributed by atoms with van der Waals surface area (Å²) in [5.74, 6) is -0.0848. The van der Waals surface area contributed by atoms with Gasteiger partial charge >= 0.3 is 5.97 Å². The van der Waals surface area contributed by atoms with Crippen LogP contribution in [0.25, 0.3) is 0 Å². The number of hydrogen-bond acceptors (Lipinski definition) is 4. The van der Waals surface area contributed by atoms with Gasteiger partial charge in [0.2, 0.25) is 0 Å². The van der Waals surface area contributed by atoms with E-state index in [1.807, 2.05) is 13.1 Å². The molecule has 5 nitrogen and oxygen atoms in total. The Labute approximate surface area is 127 Å². The molecular weight excluding hydrogens is 266 g/mol. The van der Waals surface area contributed by atoms with Crippen LogP contribution in [0.1, 0.15) is 51.6 Å². The van der Waals surface area contributed by atoms with E-state index in [1.54, 1.807) is 0 Å². The van der Waals surface area contributed by atoms with Crippen molar-refractivity contribution >= 4 is 5.97 Å². The Morgan fingerprint density at radius 1 is 1.52 bits per heavy atom. The number of fused-ring (bicyclic) bond motifs is 1. The van der Waals surface area contributed by atoms with Gasteiger partial charge in [0.15, 0.2) is 0 Å². The van der Waals surface area contributed by atoms with Gasteiger partial charge in [0.05, 0.1) is 6.61 Å². The minimum Gasteiger partial charge on any atom is -0.464 e. The van der Waals surface area contributed by atoms with Gasteiger partial charge in [0.1, 0.15) is 5.54 Å². The largest absolute Gasteiger partial charge is 0.464 e. The Hall–Kier alpha value is -1.36. The van der Waals surface area contributed by atoms with E-state index in [2.05, 4.69) is 28.1 Å². The highest BCUT2D eigenvalue weighted by Gasteiger charge is 2.37. The molecule has 5 heteroatoms. The molecule has 0 bridgehead atoms. The summed E-state index contributed by atoms with van der Waals surface area (Å²) in [5, 5.41) is 7.30. The van der Waals surface area contributed by atoms with Crippen molar-refractivity contribution in [1.82, 2.24) is 15.1 Å². The lowest BCUT2D eigenvalue weighted by atomic mass is 10.0. The lowest BCUT2D eigenvalue weighted by Crippen LogP contribution is -2.45. The van der Waals surface area contributed by atoms with E-state index in [0.717, 1.165) is 38.8 Å². The molecule has 1 aromatic heterocycles. The van der Waals surface area contributed by atoms with Crippen LogP contribution in [-0.4, -0.2) is 34.4 Å². The van der Waals surface area contributed by atoms with E-state index in [0.29, 0.717) is 6.61 Å². The zero-order chi connectivity index (χ0) is 15.1. The van der Waals surface area contributed by atoms with Crippen molar-refractivity contribution < 1.29 is 9.53 Å². The third kappa shape index (κ3) is 4.30. The minimum absolute atomic E-state index is 0.0848. The summed E-state index contributed by atoms with van der Waals surface area (Å²) in [7, 11) is 0. The Balaban J connectivity index is 0.000000170. The monoisotopic (exact) mass is 293 g/mol. The first-order valence-corrected chi connectivity index (χ1v) is 8.08. The van der Waals surface area contributed by atoms with Gasteiger partial charge in [0.25, 0.3) is 0 Å². The second kappa shape index (κ2) is 7.59. The molecule has 118 valence electrons. The maximum Gasteiger partial charge on any atom is 0.326 e. The maximum atomic E-state index is 11.6. The van der Waals surface area contributed by atoms with Gasteiger partial charge in [-0.2, -0.15) is 5.10 Å². The molecule has 0 unspecified atom stereocenters. The Morgan fingerprint density at radius 3 is 3.05 bits per heavy atom. The second-order valence-corrected chi connectivity index (χ2v) is 6.00. The van der Waals surface area contributed by atoms with Gasteiger partial charge in [-0.05, 0) is 51.6 Å². The number of rotatable bonds is 4. The minimum atomic E-state index is -0.409. The summed E-state index contributed by atoms with van der Waals surface area (Å²) in [4.78, 5) is 11.6. The van der Waals surface area contributed by atoms with E-state index < -0.39 is 5.54 Å². The van der Waals surface area contributed by atoms with Crippen LogP contribution in [0.4, 0.5) is 0 Å². The molecule has 21 heavy (non-hydrogen) atoms. The third-order valence-electron chi connectivity index (χ3n) is 4.16. The maximum absolute atomic E-state index is 11.6. The number of esters is 1. The quantitative estimate of drug-likeness (QED) is 0.683. The van der Waals surface area contributed by atoms with Crippen LogP contribution in [0.15, 0.2) is 12.3 Å². The fourth-order valence-electron chi connectivity index (χ4n) is 2.72. The summed E-state index contributed by atoms with van der Waals surface area (Å²) in [5.41, 5.74) is 0.985. The van der Waals surface area contributed by atoms with Crippen LogP contribution in [0.5, 0.6) is 0 Å². The molecule has 1 aromatic rings. The molecule has 1 N–H and O–H groups in total. The van der Waals surface area contributed by atoms with E-state index in [9.17, 15) is 4.79 Å². The van der Waals surface area contributed by atoms with Crippen molar-refractivity contribution in [2.24, 2.45) is 0 Å². The topological polar surface area (TPSA) is 56.1 Å². The standard InChI is InChI=1S/C10H19NO2.C6H8N2/c1-3-4-8-13-9(12)10(2)6-5-7-11-10;1-2-6-3-4-7-8(6)5-1/h11H,3-8H2,1-2H3;3-4H,1-2,5H2/t10-;/m0./s1. The van der Waals surface area contributed by atoms with Gasteiger partial charge in [0, 0.05) is 18.4 Å². The van der Waals surface area contributed by atoms with Crippen LogP contribution in [-0.2, 0) is 22.5 Å². The first-order chi connectivity index (χ1) is 10.2. The van der Waals surface area contributed by atoms with Crippen LogP contribution in [0.2, 0.25) is 0 Å². The number of nitrogens with one attached hydrogen (secondary N) is 1. The molecule has 0 aliphatic carbocycles. The van der Waals surface area contributed by atoms with E-state index in [-0.39, 0.29) is 5.97 Å². The number of carbonyl (C=O) groups is 1. The highest BCUT2D eigenvalue weighted by atomic mass is 16.5. The zero-order valence-corrected chi connectivity index (χ0v) is 13.2. The highest BCUT2D eigenvalue weighted by molar-refractivity contribution is 5.80. The summed E-state index contributed by atoms with van der Waals surface area (Å²) < 4.78 is 7.24. The smallest absolute Gasteiger partial charge is 0.326 e. The average Bonchev–Trinajstić information content (AvgIpc) is 3.16. The van der Waals surface area contributed by atoms with Crippen molar-refractivity contribution in [2.75, 3.05) is 13.2 Å². The molecule has 3 rings (SSSR count). The van der Waals surface area contributed by atoms with Gasteiger partial charge in [-0.25, -0.2) is 0 Å². The normalized spacial score (nSPS) is 23.3. The van der Waals surface area contributed by atoms with Crippen LogP contribution >= 0.6 is 0 Å². The molecule has 0 radical (unpaired) electrons. The molecule has 0 saturated carbocycles. The SMILES string of the molecule is CCCCOC(=O)[C@]1(C)CCCN1.c1cc2n(n1)CCC2. The van der Waals surface area contributed by atoms with Crippen molar-refractivity contribution in [3.05, 3.63) is 18.0 Å². The number of carbonyl (C=O) groups excluding carboxylic acids is 1. The summed E-state index contributed by atoms with van der Waals surface area (Å²) in [6, 6.07) is 2.09. The van der Waals surface area contributed by atoms with Gasteiger partial charge < -0.3 is 10.1 Å². The number of nitrogens with zero attached hydrogens (tertiary/aromatic N) is 2. The predicted molar refractivity (Wildman–Crippen MR) is 82.1 cm³/mol. The Morgan fingerprint density at radius 2 is 2.38 bits per heavy atom. The summed E-state index contributed by atoms with van der Waals surface area (Å²) in [6.45, 7) is 6.63. The Bertz CT molecular complexity index is 432. The number of unbranched alkanes of at least 4 members (excludes halogenated alkanes) is 1. The van der Waals surface area contributed by atoms with Crippen molar-refractivity contribution in [2.45, 2.75) is 64.5 Å². The van der Waals surface area contributed by atoms with Crippen molar-refractivity contribution in [3.8, 4) is 0 Å². The summed E-state index contributed by atoms with van der Waals surface area (Å²) >= 11 is 0. The van der Waals surface area contributed by atoms with Crippen LogP contribution in [0, 0.1) is 0 Å². The van der Waals surface area contributed by atoms with Gasteiger partial charge in [-0.15, -0.1) is 0 Å². The first-order valence-electron chi connectivity index (χ1n) is 8.08. The molecule has 2 aliphatic rings. The fraction of sp³-hybridized carbons (Fsp3) is 0.750. The van der Waals surface area contributed by atoms with Gasteiger partial charge in [-0.1, -0.05) is 13.3 Å². The Kier molecular flexibility index (Phi) is 5.79. The average molecular weight is 293 g/mol. The second-order valence-electron chi connectivity index (χ2n) is 6.00. The molecule has 3 heterocycles. The first kappa shape index (κ1) is 16.0. The number of aromatic nitrogens is 2.